The van der Waals surface area contributed by atoms with Crippen LogP contribution in [-0.4, -0.2) is 34.8 Å². The van der Waals surface area contributed by atoms with Crippen molar-refractivity contribution in [2.75, 3.05) is 0 Å². The van der Waals surface area contributed by atoms with E-state index in [0.717, 1.165) is 5.56 Å². The van der Waals surface area contributed by atoms with Gasteiger partial charge in [0, 0.05) is 19.3 Å². The summed E-state index contributed by atoms with van der Waals surface area (Å²) in [6, 6.07) is 8.14. The third-order valence-electron chi connectivity index (χ3n) is 3.58. The minimum atomic E-state index is -1.09. The summed E-state index contributed by atoms with van der Waals surface area (Å²) >= 11 is 0. The standard InChI is InChI=1S/C17H23N3O5/c1-11(12-5-3-2-4-6-12)19-14(21)8-9-15(22)20-13(17(18)25)7-10-16(23)24/h2-6,11,13H,7-10H2,1H3,(H2,18,25)(H,19,21)(H,20,22)(H,23,24)/t11-,13-/m1/s1. The Morgan fingerprint density at radius 1 is 1.00 bits per heavy atom. The van der Waals surface area contributed by atoms with E-state index >= 15 is 0 Å². The zero-order valence-corrected chi connectivity index (χ0v) is 14.0. The Bertz CT molecular complexity index is 618. The van der Waals surface area contributed by atoms with Gasteiger partial charge in [-0.15, -0.1) is 0 Å². The highest BCUT2D eigenvalue weighted by molar-refractivity contribution is 5.89. The van der Waals surface area contributed by atoms with Crippen molar-refractivity contribution < 1.29 is 24.3 Å². The van der Waals surface area contributed by atoms with Crippen LogP contribution in [0.1, 0.15) is 44.2 Å². The van der Waals surface area contributed by atoms with Crippen molar-refractivity contribution in [2.45, 2.75) is 44.7 Å². The number of hydrogen-bond donors (Lipinski definition) is 4. The molecule has 0 heterocycles. The SMILES string of the molecule is C[C@@H](NC(=O)CCC(=O)N[C@H](CCC(=O)O)C(N)=O)c1ccccc1. The first-order valence-electron chi connectivity index (χ1n) is 7.94. The fourth-order valence-corrected chi connectivity index (χ4v) is 2.19. The highest BCUT2D eigenvalue weighted by atomic mass is 16.4. The Hall–Kier alpha value is -2.90. The molecule has 0 saturated heterocycles. The van der Waals surface area contributed by atoms with Crippen molar-refractivity contribution >= 4 is 23.7 Å². The van der Waals surface area contributed by atoms with E-state index in [0.29, 0.717) is 0 Å². The third kappa shape index (κ3) is 7.96. The normalized spacial score (nSPS) is 12.7. The molecule has 8 nitrogen and oxygen atoms in total. The Labute approximate surface area is 145 Å². The smallest absolute Gasteiger partial charge is 0.303 e. The quantitative estimate of drug-likeness (QED) is 0.486. The van der Waals surface area contributed by atoms with Crippen LogP contribution in [0.4, 0.5) is 0 Å². The van der Waals surface area contributed by atoms with Gasteiger partial charge in [-0.25, -0.2) is 0 Å². The van der Waals surface area contributed by atoms with Crippen molar-refractivity contribution in [1.29, 1.82) is 0 Å². The first-order chi connectivity index (χ1) is 11.8. The van der Waals surface area contributed by atoms with Crippen LogP contribution in [0, 0.1) is 0 Å². The van der Waals surface area contributed by atoms with E-state index in [1.807, 2.05) is 37.3 Å². The lowest BCUT2D eigenvalue weighted by molar-refractivity contribution is -0.137. The summed E-state index contributed by atoms with van der Waals surface area (Å²) in [6.45, 7) is 1.84. The fourth-order valence-electron chi connectivity index (χ4n) is 2.19. The second-order valence-corrected chi connectivity index (χ2v) is 5.65. The van der Waals surface area contributed by atoms with Crippen molar-refractivity contribution in [3.63, 3.8) is 0 Å². The second kappa shape index (κ2) is 10.1. The molecule has 0 saturated carbocycles. The topological polar surface area (TPSA) is 139 Å². The van der Waals surface area contributed by atoms with Gasteiger partial charge in [-0.2, -0.15) is 0 Å². The first-order valence-corrected chi connectivity index (χ1v) is 7.94. The molecule has 1 aromatic rings. The molecule has 0 spiro atoms. The number of carbonyl (C=O) groups is 4. The van der Waals surface area contributed by atoms with Crippen molar-refractivity contribution in [1.82, 2.24) is 10.6 Å². The average molecular weight is 349 g/mol. The van der Waals surface area contributed by atoms with Gasteiger partial charge >= 0.3 is 5.97 Å². The number of carbonyl (C=O) groups excluding carboxylic acids is 3. The molecule has 0 fully saturated rings. The summed E-state index contributed by atoms with van der Waals surface area (Å²) in [6.07, 6.45) is -0.547. The highest BCUT2D eigenvalue weighted by Gasteiger charge is 2.19. The Morgan fingerprint density at radius 3 is 2.08 bits per heavy atom. The Balaban J connectivity index is 2.40. The predicted molar refractivity (Wildman–Crippen MR) is 90.2 cm³/mol. The summed E-state index contributed by atoms with van der Waals surface area (Å²) in [7, 11) is 0. The van der Waals surface area contributed by atoms with E-state index in [1.54, 1.807) is 0 Å². The van der Waals surface area contributed by atoms with Crippen LogP contribution < -0.4 is 16.4 Å². The molecular weight excluding hydrogens is 326 g/mol. The summed E-state index contributed by atoms with van der Waals surface area (Å²) in [5.41, 5.74) is 6.08. The van der Waals surface area contributed by atoms with Crippen LogP contribution in [-0.2, 0) is 19.2 Å². The van der Waals surface area contributed by atoms with Crippen molar-refractivity contribution in [3.8, 4) is 0 Å². The molecule has 0 aromatic heterocycles. The molecule has 25 heavy (non-hydrogen) atoms. The molecule has 136 valence electrons. The predicted octanol–water partition coefficient (Wildman–Crippen LogP) is 0.479. The fraction of sp³-hybridized carbons (Fsp3) is 0.412. The van der Waals surface area contributed by atoms with Gasteiger partial charge in [0.15, 0.2) is 0 Å². The number of nitrogens with two attached hydrogens (primary N) is 1. The molecule has 0 aliphatic heterocycles. The van der Waals surface area contributed by atoms with Gasteiger partial charge in [-0.05, 0) is 18.9 Å². The third-order valence-corrected chi connectivity index (χ3v) is 3.58. The summed E-state index contributed by atoms with van der Waals surface area (Å²) in [5, 5.41) is 13.7. The lowest BCUT2D eigenvalue weighted by Gasteiger charge is -2.16. The maximum atomic E-state index is 11.9. The monoisotopic (exact) mass is 349 g/mol. The Kier molecular flexibility index (Phi) is 8.11. The molecule has 1 aromatic carbocycles. The zero-order chi connectivity index (χ0) is 18.8. The van der Waals surface area contributed by atoms with E-state index in [2.05, 4.69) is 10.6 Å². The molecular formula is C17H23N3O5. The molecule has 0 bridgehead atoms. The summed E-state index contributed by atoms with van der Waals surface area (Å²) in [5.74, 6) is -2.73. The van der Waals surface area contributed by atoms with E-state index in [9.17, 15) is 19.2 Å². The van der Waals surface area contributed by atoms with Crippen LogP contribution in [0.5, 0.6) is 0 Å². The number of hydrogen-bond acceptors (Lipinski definition) is 4. The molecule has 1 rings (SSSR count). The molecule has 2 atom stereocenters. The largest absolute Gasteiger partial charge is 0.481 e. The number of amides is 3. The van der Waals surface area contributed by atoms with Crippen molar-refractivity contribution in [2.24, 2.45) is 5.73 Å². The molecule has 0 unspecified atom stereocenters. The van der Waals surface area contributed by atoms with Crippen LogP contribution in [0.3, 0.4) is 0 Å². The lowest BCUT2D eigenvalue weighted by atomic mass is 10.1. The lowest BCUT2D eigenvalue weighted by Crippen LogP contribution is -2.44. The van der Waals surface area contributed by atoms with Gasteiger partial charge in [-0.3, -0.25) is 19.2 Å². The van der Waals surface area contributed by atoms with Crippen LogP contribution in [0.2, 0.25) is 0 Å². The molecule has 0 aliphatic rings. The Morgan fingerprint density at radius 2 is 1.56 bits per heavy atom. The number of rotatable bonds is 10. The minimum absolute atomic E-state index is 0.0482. The maximum Gasteiger partial charge on any atom is 0.303 e. The van der Waals surface area contributed by atoms with Gasteiger partial charge < -0.3 is 21.5 Å². The van der Waals surface area contributed by atoms with Crippen molar-refractivity contribution in [3.05, 3.63) is 35.9 Å². The van der Waals surface area contributed by atoms with Gasteiger partial charge in [-0.1, -0.05) is 30.3 Å². The van der Waals surface area contributed by atoms with Gasteiger partial charge in [0.2, 0.25) is 17.7 Å². The van der Waals surface area contributed by atoms with E-state index in [4.69, 9.17) is 10.8 Å². The number of benzene rings is 1. The number of carboxylic acids is 1. The minimum Gasteiger partial charge on any atom is -0.481 e. The average Bonchev–Trinajstić information content (AvgIpc) is 2.57. The number of primary amides is 1. The first kappa shape index (κ1) is 20.1. The molecule has 0 aliphatic carbocycles. The number of aliphatic carboxylic acids is 1. The van der Waals surface area contributed by atoms with Gasteiger partial charge in [0.25, 0.3) is 0 Å². The summed E-state index contributed by atoms with van der Waals surface area (Å²) < 4.78 is 0. The second-order valence-electron chi connectivity index (χ2n) is 5.65. The summed E-state index contributed by atoms with van der Waals surface area (Å²) in [4.78, 5) is 45.5. The van der Waals surface area contributed by atoms with Gasteiger partial charge in [0.1, 0.15) is 6.04 Å². The molecule has 0 radical (unpaired) electrons. The van der Waals surface area contributed by atoms with Crippen LogP contribution in [0.15, 0.2) is 30.3 Å². The number of carboxylic acid groups (broad SMARTS) is 1. The van der Waals surface area contributed by atoms with Crippen LogP contribution in [0.25, 0.3) is 0 Å². The van der Waals surface area contributed by atoms with E-state index in [1.165, 1.54) is 0 Å². The van der Waals surface area contributed by atoms with Crippen LogP contribution >= 0.6 is 0 Å². The molecule has 8 heteroatoms. The zero-order valence-electron chi connectivity index (χ0n) is 14.0. The van der Waals surface area contributed by atoms with E-state index in [-0.39, 0.29) is 37.6 Å². The highest BCUT2D eigenvalue weighted by Crippen LogP contribution is 2.11. The molecule has 5 N–H and O–H groups in total. The van der Waals surface area contributed by atoms with E-state index < -0.39 is 23.8 Å². The van der Waals surface area contributed by atoms with Gasteiger partial charge in [0.05, 0.1) is 6.04 Å². The maximum absolute atomic E-state index is 11.9. The number of nitrogens with one attached hydrogen (secondary N) is 2. The molecule has 3 amide bonds.